The lowest BCUT2D eigenvalue weighted by Gasteiger charge is -2.28. The van der Waals surface area contributed by atoms with Crippen molar-refractivity contribution in [2.24, 2.45) is 0 Å². The van der Waals surface area contributed by atoms with E-state index in [1.54, 1.807) is 18.2 Å². The number of aliphatic hydroxyl groups excluding tert-OH is 1. The number of para-hydroxylation sites is 1. The Balaban J connectivity index is 1.64. The number of ketones is 1. The van der Waals surface area contributed by atoms with Crippen LogP contribution in [0.4, 0.5) is 11.4 Å². The maximum Gasteiger partial charge on any atom is 0.294 e. The Morgan fingerprint density at radius 1 is 1.00 bits per heavy atom. The Hall–Kier alpha value is -4.52. The number of Topliss-reactive ketones (excluding diaryl/α,β-unsaturated/α-hetero) is 1. The molecule has 0 fully saturated rings. The van der Waals surface area contributed by atoms with Gasteiger partial charge in [0.05, 0.1) is 18.7 Å². The molecule has 5 rings (SSSR count). The molecule has 0 aliphatic carbocycles. The molecule has 39 heavy (non-hydrogen) atoms. The van der Waals surface area contributed by atoms with Crippen molar-refractivity contribution < 1.29 is 23.8 Å². The molecule has 0 saturated carbocycles. The van der Waals surface area contributed by atoms with Crippen LogP contribution >= 0.6 is 0 Å². The number of benzene rings is 3. The Bertz CT molecular complexity index is 1590. The van der Waals surface area contributed by atoms with Gasteiger partial charge >= 0.3 is 0 Å². The van der Waals surface area contributed by atoms with Crippen molar-refractivity contribution >= 4 is 34.0 Å². The molecule has 4 aromatic rings. The van der Waals surface area contributed by atoms with Crippen molar-refractivity contribution in [3.05, 3.63) is 101 Å². The van der Waals surface area contributed by atoms with E-state index < -0.39 is 23.5 Å². The van der Waals surface area contributed by atoms with Crippen LogP contribution in [-0.2, 0) is 10.2 Å². The zero-order valence-electron chi connectivity index (χ0n) is 23.0. The number of carbonyl (C=O) groups is 2. The quantitative estimate of drug-likeness (QED) is 0.287. The molecule has 0 bridgehead atoms. The molecule has 2 heterocycles. The van der Waals surface area contributed by atoms with E-state index in [9.17, 15) is 14.7 Å². The first-order valence-electron chi connectivity index (χ1n) is 12.8. The van der Waals surface area contributed by atoms with Gasteiger partial charge < -0.3 is 19.2 Å². The first-order chi connectivity index (χ1) is 18.5. The van der Waals surface area contributed by atoms with Crippen molar-refractivity contribution in [3.8, 4) is 5.75 Å². The van der Waals surface area contributed by atoms with Gasteiger partial charge in [0, 0.05) is 30.9 Å². The van der Waals surface area contributed by atoms with Crippen LogP contribution in [0, 0.1) is 0 Å². The fraction of sp³-hybridized carbons (Fsp3) is 0.250. The van der Waals surface area contributed by atoms with E-state index >= 15 is 0 Å². The number of hydrogen-bond acceptors (Lipinski definition) is 6. The average molecular weight is 525 g/mol. The number of methoxy groups -OCH3 is 1. The molecule has 1 atom stereocenters. The SMILES string of the molecule is COc1cccc2cc(C(=O)C3=C(O)C(=O)N(c4ccc(N(C)C)cc4)C3c3ccc(C(C)(C)C)cc3)oc12. The van der Waals surface area contributed by atoms with Crippen LogP contribution in [0.3, 0.4) is 0 Å². The summed E-state index contributed by atoms with van der Waals surface area (Å²) >= 11 is 0. The van der Waals surface area contributed by atoms with Crippen molar-refractivity contribution in [2.45, 2.75) is 32.2 Å². The molecule has 0 spiro atoms. The topological polar surface area (TPSA) is 83.2 Å². The summed E-state index contributed by atoms with van der Waals surface area (Å²) < 4.78 is 11.3. The summed E-state index contributed by atoms with van der Waals surface area (Å²) in [5, 5.41) is 11.8. The number of nitrogens with zero attached hydrogens (tertiary/aromatic N) is 2. The van der Waals surface area contributed by atoms with Gasteiger partial charge in [-0.25, -0.2) is 0 Å². The third kappa shape index (κ3) is 4.54. The second kappa shape index (κ2) is 9.66. The predicted octanol–water partition coefficient (Wildman–Crippen LogP) is 6.59. The van der Waals surface area contributed by atoms with Crippen LogP contribution in [0.15, 0.2) is 88.5 Å². The lowest BCUT2D eigenvalue weighted by Crippen LogP contribution is -2.31. The summed E-state index contributed by atoms with van der Waals surface area (Å²) in [6, 6.07) is 21.4. The van der Waals surface area contributed by atoms with Gasteiger partial charge in [0.1, 0.15) is 0 Å². The molecule has 1 N–H and O–H groups in total. The van der Waals surface area contributed by atoms with Crippen LogP contribution in [0.1, 0.15) is 48.5 Å². The fourth-order valence-electron chi connectivity index (χ4n) is 4.94. The number of fused-ring (bicyclic) bond motifs is 1. The Morgan fingerprint density at radius 2 is 1.67 bits per heavy atom. The van der Waals surface area contributed by atoms with Gasteiger partial charge in [-0.1, -0.05) is 57.2 Å². The van der Waals surface area contributed by atoms with E-state index in [-0.39, 0.29) is 16.7 Å². The molecule has 7 heteroatoms. The van der Waals surface area contributed by atoms with Gasteiger partial charge in [-0.05, 0) is 52.9 Å². The normalized spacial score (nSPS) is 15.8. The summed E-state index contributed by atoms with van der Waals surface area (Å²) in [5.41, 5.74) is 3.66. The van der Waals surface area contributed by atoms with Crippen molar-refractivity contribution in [2.75, 3.05) is 31.0 Å². The zero-order chi connectivity index (χ0) is 28.1. The van der Waals surface area contributed by atoms with Gasteiger partial charge in [0.2, 0.25) is 5.78 Å². The van der Waals surface area contributed by atoms with Gasteiger partial charge in [0.15, 0.2) is 22.9 Å². The van der Waals surface area contributed by atoms with E-state index in [0.717, 1.165) is 11.3 Å². The number of ether oxygens (including phenoxy) is 1. The van der Waals surface area contributed by atoms with Crippen LogP contribution < -0.4 is 14.5 Å². The first kappa shape index (κ1) is 26.1. The molecular formula is C32H32N2O5. The van der Waals surface area contributed by atoms with Gasteiger partial charge in [-0.15, -0.1) is 0 Å². The lowest BCUT2D eigenvalue weighted by molar-refractivity contribution is -0.117. The highest BCUT2D eigenvalue weighted by atomic mass is 16.5. The Kier molecular flexibility index (Phi) is 6.46. The molecule has 200 valence electrons. The summed E-state index contributed by atoms with van der Waals surface area (Å²) in [7, 11) is 5.39. The zero-order valence-corrected chi connectivity index (χ0v) is 23.0. The largest absolute Gasteiger partial charge is 0.503 e. The number of amides is 1. The van der Waals surface area contributed by atoms with Crippen LogP contribution in [0.25, 0.3) is 11.0 Å². The maximum atomic E-state index is 14.0. The first-order valence-corrected chi connectivity index (χ1v) is 12.8. The number of furan rings is 1. The van der Waals surface area contributed by atoms with E-state index in [1.165, 1.54) is 12.0 Å². The minimum atomic E-state index is -0.848. The number of aliphatic hydroxyl groups is 1. The summed E-state index contributed by atoms with van der Waals surface area (Å²) in [6.45, 7) is 6.36. The van der Waals surface area contributed by atoms with E-state index in [2.05, 4.69) is 20.8 Å². The third-order valence-electron chi connectivity index (χ3n) is 7.14. The minimum Gasteiger partial charge on any atom is -0.503 e. The van der Waals surface area contributed by atoms with Crippen LogP contribution in [0.5, 0.6) is 5.75 Å². The van der Waals surface area contributed by atoms with E-state index in [0.29, 0.717) is 28.0 Å². The monoisotopic (exact) mass is 524 g/mol. The molecular weight excluding hydrogens is 492 g/mol. The molecule has 1 aromatic heterocycles. The Morgan fingerprint density at radius 3 is 2.26 bits per heavy atom. The van der Waals surface area contributed by atoms with E-state index in [1.807, 2.05) is 73.6 Å². The smallest absolute Gasteiger partial charge is 0.294 e. The summed E-state index contributed by atoms with van der Waals surface area (Å²) in [6.07, 6.45) is 0. The van der Waals surface area contributed by atoms with Gasteiger partial charge in [-0.2, -0.15) is 0 Å². The Labute approximate surface area is 227 Å². The molecule has 1 aliphatic rings. The molecule has 1 aliphatic heterocycles. The number of anilines is 2. The lowest BCUT2D eigenvalue weighted by atomic mass is 9.85. The molecule has 7 nitrogen and oxygen atoms in total. The molecule has 0 saturated heterocycles. The van der Waals surface area contributed by atoms with Crippen molar-refractivity contribution in [1.29, 1.82) is 0 Å². The fourth-order valence-corrected chi connectivity index (χ4v) is 4.94. The summed E-state index contributed by atoms with van der Waals surface area (Å²) in [4.78, 5) is 30.9. The summed E-state index contributed by atoms with van der Waals surface area (Å²) in [5.74, 6) is -1.28. The maximum absolute atomic E-state index is 14.0. The molecule has 1 unspecified atom stereocenters. The number of rotatable bonds is 6. The average Bonchev–Trinajstić information content (AvgIpc) is 3.47. The highest BCUT2D eigenvalue weighted by Crippen LogP contribution is 2.43. The number of hydrogen-bond donors (Lipinski definition) is 1. The van der Waals surface area contributed by atoms with E-state index in [4.69, 9.17) is 9.15 Å². The van der Waals surface area contributed by atoms with Crippen molar-refractivity contribution in [3.63, 3.8) is 0 Å². The van der Waals surface area contributed by atoms with Crippen molar-refractivity contribution in [1.82, 2.24) is 0 Å². The highest BCUT2D eigenvalue weighted by Gasteiger charge is 2.45. The minimum absolute atomic E-state index is 0.0185. The molecule has 1 amide bonds. The second-order valence-corrected chi connectivity index (χ2v) is 10.9. The third-order valence-corrected chi connectivity index (χ3v) is 7.14. The van der Waals surface area contributed by atoms with Crippen LogP contribution in [0.2, 0.25) is 0 Å². The van der Waals surface area contributed by atoms with Gasteiger partial charge in [-0.3, -0.25) is 14.5 Å². The van der Waals surface area contributed by atoms with Gasteiger partial charge in [0.25, 0.3) is 5.91 Å². The van der Waals surface area contributed by atoms with Crippen LogP contribution in [-0.4, -0.2) is 38.0 Å². The standard InChI is InChI=1S/C32H32N2O5/c1-32(2,3)21-12-10-19(11-13-21)27-26(28(35)25-18-20-8-7-9-24(38-6)30(20)39-25)29(36)31(37)34(27)23-16-14-22(15-17-23)33(4)5/h7-18,27,36H,1-6H3. The second-order valence-electron chi connectivity index (χ2n) is 10.9. The number of carbonyl (C=O) groups excluding carboxylic acids is 2. The predicted molar refractivity (Wildman–Crippen MR) is 153 cm³/mol. The molecule has 0 radical (unpaired) electrons. The molecule has 3 aromatic carbocycles. The highest BCUT2D eigenvalue weighted by molar-refractivity contribution is 6.20.